The predicted molar refractivity (Wildman–Crippen MR) is 90.0 cm³/mol. The highest BCUT2D eigenvalue weighted by Crippen LogP contribution is 2.40. The Kier molecular flexibility index (Phi) is 4.93. The Morgan fingerprint density at radius 2 is 2.30 bits per heavy atom. The fourth-order valence-corrected chi connectivity index (χ4v) is 2.97. The number of hydrogen-bond acceptors (Lipinski definition) is 5. The van der Waals surface area contributed by atoms with Crippen LogP contribution in [0.3, 0.4) is 0 Å². The zero-order valence-electron chi connectivity index (χ0n) is 13.2. The van der Waals surface area contributed by atoms with Crippen LogP contribution in [0.4, 0.5) is 5.13 Å². The van der Waals surface area contributed by atoms with Gasteiger partial charge in [-0.25, -0.2) is 4.98 Å². The van der Waals surface area contributed by atoms with Gasteiger partial charge in [0.15, 0.2) is 5.13 Å². The summed E-state index contributed by atoms with van der Waals surface area (Å²) in [6.07, 6.45) is 1.86. The highest BCUT2D eigenvalue weighted by molar-refractivity contribution is 7.13. The minimum absolute atomic E-state index is 0.176. The van der Waals surface area contributed by atoms with Gasteiger partial charge in [-0.3, -0.25) is 10.1 Å². The molecule has 3 rings (SSSR count). The zero-order valence-corrected chi connectivity index (χ0v) is 14.1. The number of amides is 1. The van der Waals surface area contributed by atoms with Crippen molar-refractivity contribution in [3.63, 3.8) is 0 Å². The average Bonchev–Trinajstić information content (AvgIpc) is 3.32. The predicted octanol–water partition coefficient (Wildman–Crippen LogP) is 3.57. The van der Waals surface area contributed by atoms with E-state index in [4.69, 9.17) is 9.47 Å². The Bertz CT molecular complexity index is 682. The number of carbonyl (C=O) groups excluding carboxylic acids is 1. The third kappa shape index (κ3) is 4.30. The van der Waals surface area contributed by atoms with Crippen molar-refractivity contribution in [2.45, 2.75) is 38.4 Å². The first kappa shape index (κ1) is 16.0. The van der Waals surface area contributed by atoms with Crippen LogP contribution in [-0.2, 0) is 16.1 Å². The second-order valence-electron chi connectivity index (χ2n) is 5.65. The summed E-state index contributed by atoms with van der Waals surface area (Å²) in [5.74, 6) is 1.20. The molecular weight excluding hydrogens is 312 g/mol. The number of ether oxygens (including phenoxy) is 2. The molecule has 0 bridgehead atoms. The molecule has 0 unspecified atom stereocenters. The minimum atomic E-state index is -0.547. The Balaban J connectivity index is 1.50. The first-order valence-corrected chi connectivity index (χ1v) is 8.54. The summed E-state index contributed by atoms with van der Waals surface area (Å²) in [6.45, 7) is 2.10. The summed E-state index contributed by atoms with van der Waals surface area (Å²) < 4.78 is 10.8. The Morgan fingerprint density at radius 3 is 3.04 bits per heavy atom. The molecule has 1 aromatic carbocycles. The fraction of sp³-hybridized carbons (Fsp3) is 0.412. The first-order valence-electron chi connectivity index (χ1n) is 7.66. The van der Waals surface area contributed by atoms with Crippen LogP contribution >= 0.6 is 11.3 Å². The number of nitrogens with zero attached hydrogens (tertiary/aromatic N) is 1. The molecule has 0 radical (unpaired) electrons. The van der Waals surface area contributed by atoms with Gasteiger partial charge in [-0.05, 0) is 37.5 Å². The molecule has 6 heteroatoms. The summed E-state index contributed by atoms with van der Waals surface area (Å²) in [4.78, 5) is 16.6. The third-order valence-corrected chi connectivity index (χ3v) is 4.53. The van der Waals surface area contributed by atoms with E-state index >= 15 is 0 Å². The Hall–Kier alpha value is -1.92. The van der Waals surface area contributed by atoms with E-state index in [2.05, 4.69) is 10.3 Å². The summed E-state index contributed by atoms with van der Waals surface area (Å²) in [6, 6.07) is 7.61. The van der Waals surface area contributed by atoms with Gasteiger partial charge >= 0.3 is 0 Å². The van der Waals surface area contributed by atoms with E-state index in [1.165, 1.54) is 24.2 Å². The zero-order chi connectivity index (χ0) is 16.2. The van der Waals surface area contributed by atoms with E-state index in [0.29, 0.717) is 17.7 Å². The monoisotopic (exact) mass is 332 g/mol. The van der Waals surface area contributed by atoms with Crippen LogP contribution in [0.5, 0.6) is 5.75 Å². The number of benzene rings is 1. The van der Waals surface area contributed by atoms with Crippen LogP contribution in [0.1, 0.15) is 36.9 Å². The number of anilines is 1. The quantitative estimate of drug-likeness (QED) is 0.842. The van der Waals surface area contributed by atoms with Gasteiger partial charge in [0.2, 0.25) is 0 Å². The summed E-state index contributed by atoms with van der Waals surface area (Å²) >= 11 is 1.47. The van der Waals surface area contributed by atoms with Crippen molar-refractivity contribution in [2.24, 2.45) is 0 Å². The molecule has 5 nitrogen and oxygen atoms in total. The van der Waals surface area contributed by atoms with Gasteiger partial charge in [-0.1, -0.05) is 12.1 Å². The molecule has 0 aliphatic heterocycles. The van der Waals surface area contributed by atoms with Gasteiger partial charge in [0.1, 0.15) is 11.9 Å². The maximum atomic E-state index is 12.2. The molecule has 1 saturated carbocycles. The van der Waals surface area contributed by atoms with Gasteiger partial charge in [-0.15, -0.1) is 11.3 Å². The molecule has 2 aromatic rings. The second-order valence-corrected chi connectivity index (χ2v) is 6.50. The molecule has 1 amide bonds. The SMILES string of the molecule is COc1cccc(CO[C@H](C)C(=O)Nc2nc(C3CC3)cs2)c1. The highest BCUT2D eigenvalue weighted by Gasteiger charge is 2.26. The van der Waals surface area contributed by atoms with E-state index < -0.39 is 6.10 Å². The van der Waals surface area contributed by atoms with Crippen LogP contribution in [0.25, 0.3) is 0 Å². The van der Waals surface area contributed by atoms with Crippen LogP contribution in [0.2, 0.25) is 0 Å². The molecule has 1 aromatic heterocycles. The van der Waals surface area contributed by atoms with Crippen LogP contribution < -0.4 is 10.1 Å². The van der Waals surface area contributed by atoms with Crippen LogP contribution in [0.15, 0.2) is 29.6 Å². The van der Waals surface area contributed by atoms with Crippen molar-refractivity contribution in [2.75, 3.05) is 12.4 Å². The lowest BCUT2D eigenvalue weighted by Gasteiger charge is -2.12. The number of aromatic nitrogens is 1. The molecule has 1 N–H and O–H groups in total. The van der Waals surface area contributed by atoms with E-state index in [-0.39, 0.29) is 5.91 Å². The Morgan fingerprint density at radius 1 is 1.48 bits per heavy atom. The van der Waals surface area contributed by atoms with Crippen molar-refractivity contribution in [1.29, 1.82) is 0 Å². The van der Waals surface area contributed by atoms with Gasteiger partial charge < -0.3 is 9.47 Å². The topological polar surface area (TPSA) is 60.5 Å². The number of methoxy groups -OCH3 is 1. The lowest BCUT2D eigenvalue weighted by Crippen LogP contribution is -2.27. The smallest absolute Gasteiger partial charge is 0.255 e. The Labute approximate surface area is 139 Å². The number of rotatable bonds is 7. The highest BCUT2D eigenvalue weighted by atomic mass is 32.1. The van der Waals surface area contributed by atoms with Crippen molar-refractivity contribution < 1.29 is 14.3 Å². The van der Waals surface area contributed by atoms with Gasteiger partial charge in [0, 0.05) is 11.3 Å². The molecule has 1 atom stereocenters. The fourth-order valence-electron chi connectivity index (χ4n) is 2.18. The maximum absolute atomic E-state index is 12.2. The number of nitrogens with one attached hydrogen (secondary N) is 1. The average molecular weight is 332 g/mol. The second kappa shape index (κ2) is 7.10. The third-order valence-electron chi connectivity index (χ3n) is 3.75. The van der Waals surface area contributed by atoms with Gasteiger partial charge in [0.25, 0.3) is 5.91 Å². The van der Waals surface area contributed by atoms with Crippen molar-refractivity contribution in [3.8, 4) is 5.75 Å². The molecule has 0 saturated heterocycles. The summed E-state index contributed by atoms with van der Waals surface area (Å²) in [7, 11) is 1.62. The van der Waals surface area contributed by atoms with Crippen molar-refractivity contribution in [1.82, 2.24) is 4.98 Å². The van der Waals surface area contributed by atoms with E-state index in [0.717, 1.165) is 17.0 Å². The molecule has 1 aliphatic rings. The normalized spacial score (nSPS) is 15.2. The molecule has 1 heterocycles. The van der Waals surface area contributed by atoms with Gasteiger partial charge in [0.05, 0.1) is 19.4 Å². The maximum Gasteiger partial charge on any atom is 0.255 e. The van der Waals surface area contributed by atoms with Crippen LogP contribution in [-0.4, -0.2) is 24.1 Å². The number of carbonyl (C=O) groups is 1. The number of thiazole rings is 1. The molecule has 1 aliphatic carbocycles. The first-order chi connectivity index (χ1) is 11.2. The lowest BCUT2D eigenvalue weighted by molar-refractivity contribution is -0.127. The molecule has 23 heavy (non-hydrogen) atoms. The van der Waals surface area contributed by atoms with Crippen molar-refractivity contribution in [3.05, 3.63) is 40.9 Å². The largest absolute Gasteiger partial charge is 0.497 e. The number of hydrogen-bond donors (Lipinski definition) is 1. The van der Waals surface area contributed by atoms with Gasteiger partial charge in [-0.2, -0.15) is 0 Å². The van der Waals surface area contributed by atoms with Crippen LogP contribution in [0, 0.1) is 0 Å². The van der Waals surface area contributed by atoms with E-state index in [9.17, 15) is 4.79 Å². The minimum Gasteiger partial charge on any atom is -0.497 e. The molecular formula is C17H20N2O3S. The lowest BCUT2D eigenvalue weighted by atomic mass is 10.2. The molecule has 1 fully saturated rings. The standard InChI is InChI=1S/C17H20N2O3S/c1-11(22-9-12-4-3-5-14(8-12)21-2)16(20)19-17-18-15(10-23-17)13-6-7-13/h3-5,8,10-11,13H,6-7,9H2,1-2H3,(H,18,19,20)/t11-/m1/s1. The molecule has 122 valence electrons. The molecule has 0 spiro atoms. The van der Waals surface area contributed by atoms with Crippen molar-refractivity contribution >= 4 is 22.4 Å². The van der Waals surface area contributed by atoms with E-state index in [1.54, 1.807) is 14.0 Å². The van der Waals surface area contributed by atoms with E-state index in [1.807, 2.05) is 29.6 Å². The summed E-state index contributed by atoms with van der Waals surface area (Å²) in [5.41, 5.74) is 2.06. The summed E-state index contributed by atoms with van der Waals surface area (Å²) in [5, 5.41) is 5.49.